The van der Waals surface area contributed by atoms with Crippen LogP contribution in [0.5, 0.6) is 5.75 Å². The molecule has 1 atom stereocenters. The van der Waals surface area contributed by atoms with Gasteiger partial charge >= 0.3 is 5.43 Å². The Kier molecular flexibility index (Phi) is 2.60. The van der Waals surface area contributed by atoms with E-state index in [0.717, 1.165) is 11.1 Å². The molecule has 0 N–H and O–H groups in total. The van der Waals surface area contributed by atoms with Crippen LogP contribution in [0.2, 0.25) is 0 Å². The lowest BCUT2D eigenvalue weighted by Gasteiger charge is -2.11. The van der Waals surface area contributed by atoms with Crippen LogP contribution in [0.4, 0.5) is 4.79 Å². The number of carbonyl (C=O) groups excluding carboxylic acids is 1. The third-order valence-corrected chi connectivity index (χ3v) is 3.48. The Morgan fingerprint density at radius 1 is 1.11 bits per heavy atom. The molecule has 1 aliphatic carbocycles. The molecule has 3 rings (SSSR count). The van der Waals surface area contributed by atoms with E-state index in [4.69, 9.17) is 16.3 Å². The summed E-state index contributed by atoms with van der Waals surface area (Å²) in [5.41, 5.74) is 3.81. The van der Waals surface area contributed by atoms with Crippen LogP contribution in [-0.2, 0) is 0 Å². The first-order valence-electron chi connectivity index (χ1n) is 5.78. The molecule has 0 amide bonds. The minimum atomic E-state index is -0.799. The van der Waals surface area contributed by atoms with Crippen LogP contribution in [0.3, 0.4) is 0 Å². The van der Waals surface area contributed by atoms with Gasteiger partial charge in [0.15, 0.2) is 0 Å². The molecule has 0 saturated carbocycles. The molecule has 2 aromatic carbocycles. The fourth-order valence-corrected chi connectivity index (χ4v) is 2.76. The third kappa shape index (κ3) is 1.61. The van der Waals surface area contributed by atoms with Gasteiger partial charge in [0.1, 0.15) is 5.75 Å². The van der Waals surface area contributed by atoms with E-state index in [2.05, 4.69) is 19.1 Å². The minimum absolute atomic E-state index is 0.211. The predicted octanol–water partition coefficient (Wildman–Crippen LogP) is 4.56. The van der Waals surface area contributed by atoms with Crippen molar-refractivity contribution in [2.45, 2.75) is 12.8 Å². The fraction of sp³-hybridized carbons (Fsp3) is 0.133. The van der Waals surface area contributed by atoms with E-state index in [1.54, 1.807) is 6.07 Å². The lowest BCUT2D eigenvalue weighted by molar-refractivity contribution is 0.225. The molecule has 0 bridgehead atoms. The van der Waals surface area contributed by atoms with Gasteiger partial charge in [0, 0.05) is 23.1 Å². The van der Waals surface area contributed by atoms with Gasteiger partial charge in [0.2, 0.25) is 0 Å². The van der Waals surface area contributed by atoms with E-state index < -0.39 is 5.43 Å². The van der Waals surface area contributed by atoms with Crippen molar-refractivity contribution in [3.05, 3.63) is 53.6 Å². The summed E-state index contributed by atoms with van der Waals surface area (Å²) in [4.78, 5) is 10.9. The molecule has 0 saturated heterocycles. The number of hydrogen-bond acceptors (Lipinski definition) is 2. The zero-order chi connectivity index (χ0) is 12.7. The van der Waals surface area contributed by atoms with Crippen LogP contribution in [0, 0.1) is 0 Å². The molecule has 2 aromatic rings. The van der Waals surface area contributed by atoms with E-state index >= 15 is 0 Å². The molecular weight excluding hydrogens is 248 g/mol. The highest BCUT2D eigenvalue weighted by Gasteiger charge is 2.28. The maximum Gasteiger partial charge on any atom is 0.409 e. The lowest BCUT2D eigenvalue weighted by Crippen LogP contribution is -2.01. The Morgan fingerprint density at radius 3 is 2.61 bits per heavy atom. The molecule has 3 heteroatoms. The summed E-state index contributed by atoms with van der Waals surface area (Å²) in [7, 11) is 0. The van der Waals surface area contributed by atoms with E-state index in [9.17, 15) is 4.79 Å². The van der Waals surface area contributed by atoms with Crippen molar-refractivity contribution in [3.63, 3.8) is 0 Å². The summed E-state index contributed by atoms with van der Waals surface area (Å²) in [6.07, 6.45) is 0. The highest BCUT2D eigenvalue weighted by atomic mass is 35.5. The number of hydrogen-bond donors (Lipinski definition) is 0. The van der Waals surface area contributed by atoms with Gasteiger partial charge in [-0.05, 0) is 22.8 Å². The topological polar surface area (TPSA) is 26.3 Å². The first kappa shape index (κ1) is 11.3. The first-order chi connectivity index (χ1) is 8.68. The van der Waals surface area contributed by atoms with Crippen molar-refractivity contribution < 1.29 is 9.53 Å². The molecule has 0 heterocycles. The van der Waals surface area contributed by atoms with E-state index in [1.165, 1.54) is 11.1 Å². The minimum Gasteiger partial charge on any atom is -0.414 e. The molecule has 2 nitrogen and oxygen atoms in total. The molecule has 0 fully saturated rings. The highest BCUT2D eigenvalue weighted by Crippen LogP contribution is 2.48. The van der Waals surface area contributed by atoms with Crippen LogP contribution in [-0.4, -0.2) is 5.43 Å². The number of ether oxygens (including phenoxy) is 1. The summed E-state index contributed by atoms with van der Waals surface area (Å²) in [6.45, 7) is 2.11. The zero-order valence-electron chi connectivity index (χ0n) is 9.81. The van der Waals surface area contributed by atoms with Gasteiger partial charge < -0.3 is 4.74 Å². The quantitative estimate of drug-likeness (QED) is 0.701. The smallest absolute Gasteiger partial charge is 0.409 e. The number of benzene rings is 2. The Labute approximate surface area is 110 Å². The molecule has 1 aliphatic rings. The molecule has 1 unspecified atom stereocenters. The Morgan fingerprint density at radius 2 is 1.83 bits per heavy atom. The standard InChI is InChI=1S/C15H11ClO2/c1-9-10-5-2-3-6-11(10)12-7-4-8-13(14(9)12)18-15(16)17/h2-9H,1H3. The summed E-state index contributed by atoms with van der Waals surface area (Å²) < 4.78 is 5.09. The second-order valence-corrected chi connectivity index (χ2v) is 4.67. The van der Waals surface area contributed by atoms with Crippen molar-refractivity contribution in [2.24, 2.45) is 0 Å². The van der Waals surface area contributed by atoms with Gasteiger partial charge in [-0.2, -0.15) is 0 Å². The van der Waals surface area contributed by atoms with Crippen molar-refractivity contribution >= 4 is 17.0 Å². The second-order valence-electron chi connectivity index (χ2n) is 4.37. The molecular formula is C15H11ClO2. The van der Waals surface area contributed by atoms with Gasteiger partial charge in [-0.15, -0.1) is 0 Å². The van der Waals surface area contributed by atoms with E-state index in [-0.39, 0.29) is 5.92 Å². The maximum absolute atomic E-state index is 10.9. The van der Waals surface area contributed by atoms with E-state index in [0.29, 0.717) is 5.75 Å². The molecule has 18 heavy (non-hydrogen) atoms. The highest BCUT2D eigenvalue weighted by molar-refractivity contribution is 6.61. The molecule has 0 aliphatic heterocycles. The largest absolute Gasteiger partial charge is 0.414 e. The average molecular weight is 259 g/mol. The van der Waals surface area contributed by atoms with Crippen molar-refractivity contribution in [2.75, 3.05) is 0 Å². The first-order valence-corrected chi connectivity index (χ1v) is 6.16. The molecule has 0 spiro atoms. The Bertz CT molecular complexity index is 634. The SMILES string of the molecule is CC1c2ccccc2-c2cccc(OC(=O)Cl)c21. The van der Waals surface area contributed by atoms with Gasteiger partial charge in [0.05, 0.1) is 0 Å². The number of halogens is 1. The average Bonchev–Trinajstić information content (AvgIpc) is 2.65. The van der Waals surface area contributed by atoms with Gasteiger partial charge in [-0.25, -0.2) is 4.79 Å². The number of fused-ring (bicyclic) bond motifs is 3. The Hall–Kier alpha value is -1.80. The third-order valence-electron chi connectivity index (χ3n) is 3.41. The number of rotatable bonds is 1. The van der Waals surface area contributed by atoms with Gasteiger partial charge in [-0.3, -0.25) is 0 Å². The van der Waals surface area contributed by atoms with Gasteiger partial charge in [-0.1, -0.05) is 43.3 Å². The van der Waals surface area contributed by atoms with E-state index in [1.807, 2.05) is 24.3 Å². The summed E-state index contributed by atoms with van der Waals surface area (Å²) in [5, 5.41) is 0. The maximum atomic E-state index is 10.9. The summed E-state index contributed by atoms with van der Waals surface area (Å²) in [6, 6.07) is 13.9. The normalized spacial score (nSPS) is 16.0. The van der Waals surface area contributed by atoms with Crippen molar-refractivity contribution in [1.29, 1.82) is 0 Å². The second kappa shape index (κ2) is 4.14. The van der Waals surface area contributed by atoms with Crippen LogP contribution in [0.25, 0.3) is 11.1 Å². The van der Waals surface area contributed by atoms with Crippen LogP contribution >= 0.6 is 11.6 Å². The molecule has 90 valence electrons. The van der Waals surface area contributed by atoms with Gasteiger partial charge in [0.25, 0.3) is 0 Å². The fourth-order valence-electron chi connectivity index (χ4n) is 2.68. The Balaban J connectivity index is 2.21. The zero-order valence-corrected chi connectivity index (χ0v) is 10.6. The van der Waals surface area contributed by atoms with Crippen molar-refractivity contribution in [3.8, 4) is 16.9 Å². The van der Waals surface area contributed by atoms with Crippen LogP contribution in [0.1, 0.15) is 24.0 Å². The van der Waals surface area contributed by atoms with Crippen LogP contribution in [0.15, 0.2) is 42.5 Å². The predicted molar refractivity (Wildman–Crippen MR) is 71.3 cm³/mol. The summed E-state index contributed by atoms with van der Waals surface area (Å²) in [5.74, 6) is 0.764. The van der Waals surface area contributed by atoms with Crippen molar-refractivity contribution in [1.82, 2.24) is 0 Å². The lowest BCUT2D eigenvalue weighted by atomic mass is 9.99. The van der Waals surface area contributed by atoms with Crippen LogP contribution < -0.4 is 4.74 Å². The monoisotopic (exact) mass is 258 g/mol. The number of carbonyl (C=O) groups is 1. The summed E-state index contributed by atoms with van der Waals surface area (Å²) >= 11 is 5.31. The molecule has 0 radical (unpaired) electrons. The molecule has 0 aromatic heterocycles.